The lowest BCUT2D eigenvalue weighted by molar-refractivity contribution is -0.122. The number of nitrogens with zero attached hydrogens (tertiary/aromatic N) is 3. The Kier molecular flexibility index (Phi) is 6.09. The van der Waals surface area contributed by atoms with Crippen LogP contribution >= 0.6 is 11.8 Å². The average Bonchev–Trinajstić information content (AvgIpc) is 3.45. The Morgan fingerprint density at radius 2 is 1.75 bits per heavy atom. The van der Waals surface area contributed by atoms with Crippen molar-refractivity contribution in [3.63, 3.8) is 0 Å². The first-order valence-corrected chi connectivity index (χ1v) is 11.4. The van der Waals surface area contributed by atoms with Crippen LogP contribution < -0.4 is 4.90 Å². The molecule has 0 bridgehead atoms. The van der Waals surface area contributed by atoms with E-state index in [1.807, 2.05) is 48.5 Å². The molecule has 0 saturated carbocycles. The molecule has 2 fully saturated rings. The van der Waals surface area contributed by atoms with E-state index in [1.165, 1.54) is 17.4 Å². The first-order chi connectivity index (χ1) is 15.8. The highest BCUT2D eigenvalue weighted by atomic mass is 32.2. The lowest BCUT2D eigenvalue weighted by atomic mass is 10.1. The number of rotatable bonds is 5. The molecular formula is C25H23N3O3S. The van der Waals surface area contributed by atoms with Crippen LogP contribution in [-0.4, -0.2) is 42.3 Å². The Labute approximate surface area is 191 Å². The number of hydrogen-bond acceptors (Lipinski definition) is 6. The van der Waals surface area contributed by atoms with Crippen LogP contribution in [0.1, 0.15) is 11.3 Å². The molecule has 7 heteroatoms. The molecule has 162 valence electrons. The van der Waals surface area contributed by atoms with Crippen LogP contribution in [0.4, 0.5) is 11.4 Å². The number of hydrogen-bond donors (Lipinski definition) is 0. The zero-order valence-corrected chi connectivity index (χ0v) is 18.3. The average molecular weight is 446 g/mol. The molecule has 0 N–H and O–H groups in total. The number of benzene rings is 2. The summed E-state index contributed by atoms with van der Waals surface area (Å²) in [7, 11) is 0. The van der Waals surface area contributed by atoms with Gasteiger partial charge in [0.25, 0.3) is 5.91 Å². The van der Waals surface area contributed by atoms with Crippen LogP contribution in [0.15, 0.2) is 87.3 Å². The second kappa shape index (κ2) is 9.46. The van der Waals surface area contributed by atoms with E-state index in [9.17, 15) is 4.79 Å². The number of amides is 1. The van der Waals surface area contributed by atoms with Gasteiger partial charge in [0.2, 0.25) is 0 Å². The van der Waals surface area contributed by atoms with Gasteiger partial charge in [0.15, 0.2) is 5.17 Å². The Balaban J connectivity index is 1.40. The van der Waals surface area contributed by atoms with Crippen LogP contribution in [0, 0.1) is 0 Å². The van der Waals surface area contributed by atoms with Gasteiger partial charge < -0.3 is 14.1 Å². The number of thioether (sulfide) groups is 1. The predicted octanol–water partition coefficient (Wildman–Crippen LogP) is 4.92. The minimum Gasteiger partial charge on any atom is -0.467 e. The molecule has 0 atom stereocenters. The van der Waals surface area contributed by atoms with Gasteiger partial charge in [-0.3, -0.25) is 9.69 Å². The fourth-order valence-electron chi connectivity index (χ4n) is 3.66. The van der Waals surface area contributed by atoms with E-state index < -0.39 is 0 Å². The molecule has 1 aromatic heterocycles. The maximum atomic E-state index is 13.2. The number of amidine groups is 1. The molecule has 0 aliphatic carbocycles. The molecular weight excluding hydrogens is 422 g/mol. The normalized spacial score (nSPS) is 19.3. The van der Waals surface area contributed by atoms with Gasteiger partial charge in [0.1, 0.15) is 5.76 Å². The number of carbonyl (C=O) groups is 1. The lowest BCUT2D eigenvalue weighted by Crippen LogP contribution is -2.36. The van der Waals surface area contributed by atoms with Crippen molar-refractivity contribution in [1.82, 2.24) is 4.90 Å². The first-order valence-electron chi connectivity index (χ1n) is 10.6. The number of aliphatic imine (C=N–C) groups is 1. The molecule has 1 amide bonds. The van der Waals surface area contributed by atoms with Gasteiger partial charge in [0, 0.05) is 18.8 Å². The number of furan rings is 1. The highest BCUT2D eigenvalue weighted by Gasteiger charge is 2.34. The van der Waals surface area contributed by atoms with Gasteiger partial charge in [-0.05, 0) is 59.8 Å². The van der Waals surface area contributed by atoms with Crippen molar-refractivity contribution in [2.24, 2.45) is 4.99 Å². The third-order valence-corrected chi connectivity index (χ3v) is 6.34. The lowest BCUT2D eigenvalue weighted by Gasteiger charge is -2.28. The van der Waals surface area contributed by atoms with E-state index >= 15 is 0 Å². The van der Waals surface area contributed by atoms with Gasteiger partial charge in [-0.1, -0.05) is 30.3 Å². The van der Waals surface area contributed by atoms with Crippen LogP contribution in [0.25, 0.3) is 6.08 Å². The molecule has 2 aliphatic heterocycles. The number of anilines is 1. The highest BCUT2D eigenvalue weighted by Crippen LogP contribution is 2.35. The summed E-state index contributed by atoms with van der Waals surface area (Å²) in [5.41, 5.74) is 2.96. The monoisotopic (exact) mass is 445 g/mol. The van der Waals surface area contributed by atoms with E-state index in [2.05, 4.69) is 29.2 Å². The van der Waals surface area contributed by atoms with Crippen molar-refractivity contribution in [2.75, 3.05) is 31.2 Å². The summed E-state index contributed by atoms with van der Waals surface area (Å²) in [6.45, 7) is 3.65. The molecule has 5 rings (SSSR count). The van der Waals surface area contributed by atoms with E-state index in [4.69, 9.17) is 14.1 Å². The smallest absolute Gasteiger partial charge is 0.267 e. The quantitative estimate of drug-likeness (QED) is 0.522. The molecule has 2 aromatic carbocycles. The molecule has 6 nitrogen and oxygen atoms in total. The molecule has 2 saturated heterocycles. The molecule has 3 aromatic rings. The summed E-state index contributed by atoms with van der Waals surface area (Å²) in [5, 5.41) is 0.647. The summed E-state index contributed by atoms with van der Waals surface area (Å²) in [6.07, 6.45) is 3.54. The molecule has 0 radical (unpaired) electrons. The summed E-state index contributed by atoms with van der Waals surface area (Å²) in [6, 6.07) is 21.7. The fraction of sp³-hybridized carbons (Fsp3) is 0.200. The molecule has 3 heterocycles. The summed E-state index contributed by atoms with van der Waals surface area (Å²) in [5.74, 6) is 0.647. The summed E-state index contributed by atoms with van der Waals surface area (Å²) in [4.78, 5) is 22.6. The van der Waals surface area contributed by atoms with E-state index in [-0.39, 0.29) is 5.91 Å². The van der Waals surface area contributed by atoms with Gasteiger partial charge in [0.05, 0.1) is 36.6 Å². The standard InChI is InChI=1S/C25H23N3O3S/c29-24-23(17-19-8-10-21(11-9-19)27-12-15-30-16-13-27)32-25(26-20-5-2-1-3-6-20)28(24)18-22-7-4-14-31-22/h1-11,14,17H,12-13,15-16,18H2. The minimum absolute atomic E-state index is 0.0710. The van der Waals surface area contributed by atoms with Crippen LogP contribution in [-0.2, 0) is 16.1 Å². The maximum Gasteiger partial charge on any atom is 0.267 e. The molecule has 2 aliphatic rings. The Morgan fingerprint density at radius 3 is 2.47 bits per heavy atom. The van der Waals surface area contributed by atoms with Crippen molar-refractivity contribution >= 4 is 40.3 Å². The molecule has 32 heavy (non-hydrogen) atoms. The Bertz CT molecular complexity index is 1120. The van der Waals surface area contributed by atoms with Crippen LogP contribution in [0.5, 0.6) is 0 Å². The third kappa shape index (κ3) is 4.64. The summed E-state index contributed by atoms with van der Waals surface area (Å²) < 4.78 is 10.9. The van der Waals surface area contributed by atoms with E-state index in [0.29, 0.717) is 16.6 Å². The molecule has 0 spiro atoms. The van der Waals surface area contributed by atoms with Crippen molar-refractivity contribution in [2.45, 2.75) is 6.54 Å². The number of ether oxygens (including phenoxy) is 1. The summed E-state index contributed by atoms with van der Waals surface area (Å²) >= 11 is 1.39. The zero-order chi connectivity index (χ0) is 21.8. The minimum atomic E-state index is -0.0710. The zero-order valence-electron chi connectivity index (χ0n) is 17.5. The third-order valence-electron chi connectivity index (χ3n) is 5.33. The predicted molar refractivity (Wildman–Crippen MR) is 128 cm³/mol. The number of para-hydroxylation sites is 1. The van der Waals surface area contributed by atoms with E-state index in [1.54, 1.807) is 11.2 Å². The Morgan fingerprint density at radius 1 is 0.969 bits per heavy atom. The second-order valence-electron chi connectivity index (χ2n) is 7.50. The van der Waals surface area contributed by atoms with Crippen molar-refractivity contribution < 1.29 is 13.9 Å². The van der Waals surface area contributed by atoms with E-state index in [0.717, 1.165) is 43.3 Å². The Hall–Kier alpha value is -3.29. The van der Waals surface area contributed by atoms with Gasteiger partial charge in [-0.2, -0.15) is 0 Å². The van der Waals surface area contributed by atoms with Crippen molar-refractivity contribution in [3.8, 4) is 0 Å². The van der Waals surface area contributed by atoms with Gasteiger partial charge >= 0.3 is 0 Å². The number of carbonyl (C=O) groups excluding carboxylic acids is 1. The first kappa shape index (κ1) is 20.6. The van der Waals surface area contributed by atoms with Gasteiger partial charge in [-0.15, -0.1) is 0 Å². The van der Waals surface area contributed by atoms with Crippen molar-refractivity contribution in [1.29, 1.82) is 0 Å². The largest absolute Gasteiger partial charge is 0.467 e. The SMILES string of the molecule is O=C1C(=Cc2ccc(N3CCOCC3)cc2)SC(=Nc2ccccc2)N1Cc1ccco1. The van der Waals surface area contributed by atoms with Gasteiger partial charge in [-0.25, -0.2) is 4.99 Å². The highest BCUT2D eigenvalue weighted by molar-refractivity contribution is 8.18. The second-order valence-corrected chi connectivity index (χ2v) is 8.51. The van der Waals surface area contributed by atoms with Crippen molar-refractivity contribution in [3.05, 3.63) is 89.2 Å². The maximum absolute atomic E-state index is 13.2. The fourth-order valence-corrected chi connectivity index (χ4v) is 4.65. The van der Waals surface area contributed by atoms with Crippen LogP contribution in [0.2, 0.25) is 0 Å². The molecule has 0 unspecified atom stereocenters. The topological polar surface area (TPSA) is 58.3 Å². The number of morpholine rings is 1. The van der Waals surface area contributed by atoms with Crippen LogP contribution in [0.3, 0.4) is 0 Å².